The first-order valence-corrected chi connectivity index (χ1v) is 8.17. The highest BCUT2D eigenvalue weighted by Crippen LogP contribution is 2.26. The summed E-state index contributed by atoms with van der Waals surface area (Å²) in [6, 6.07) is 5.12. The van der Waals surface area contributed by atoms with E-state index >= 15 is 0 Å². The third-order valence-corrected chi connectivity index (χ3v) is 4.69. The van der Waals surface area contributed by atoms with E-state index in [9.17, 15) is 18.5 Å². The van der Waals surface area contributed by atoms with E-state index < -0.39 is 25.5 Å². The lowest BCUT2D eigenvalue weighted by Gasteiger charge is -2.05. The molecule has 0 unspecified atom stereocenters. The maximum absolute atomic E-state index is 12.2. The number of hydrogen-bond acceptors (Lipinski definition) is 7. The molecule has 2 aromatic rings. The van der Waals surface area contributed by atoms with Gasteiger partial charge in [-0.25, -0.2) is 13.4 Å². The molecule has 1 heterocycles. The van der Waals surface area contributed by atoms with Crippen molar-refractivity contribution in [1.29, 1.82) is 0 Å². The van der Waals surface area contributed by atoms with Crippen LogP contribution in [0.25, 0.3) is 0 Å². The van der Waals surface area contributed by atoms with Crippen molar-refractivity contribution in [3.05, 3.63) is 40.2 Å². The summed E-state index contributed by atoms with van der Waals surface area (Å²) in [5.74, 6) is 0.575. The summed E-state index contributed by atoms with van der Waals surface area (Å²) in [7, 11) is -4.09. The van der Waals surface area contributed by atoms with E-state index in [0.29, 0.717) is 5.82 Å². The average molecular weight is 328 g/mol. The standard InChI is InChI=1S/C11H12N4O4S2/c1-7(2)10-12-11(20-13-10)14-21(18,19)9-6-4-3-5-8(9)15(16)17/h3-7H,1-2H3,(H,12,13,14). The van der Waals surface area contributed by atoms with Crippen molar-refractivity contribution in [1.82, 2.24) is 9.36 Å². The van der Waals surface area contributed by atoms with Crippen LogP contribution in [0, 0.1) is 10.1 Å². The molecule has 0 bridgehead atoms. The SMILES string of the molecule is CC(C)c1nsc(NS(=O)(=O)c2ccccc2[N+](=O)[O-])n1. The van der Waals surface area contributed by atoms with Crippen LogP contribution in [-0.2, 0) is 10.0 Å². The highest BCUT2D eigenvalue weighted by Gasteiger charge is 2.26. The van der Waals surface area contributed by atoms with E-state index in [1.165, 1.54) is 18.2 Å². The monoisotopic (exact) mass is 328 g/mol. The van der Waals surface area contributed by atoms with Gasteiger partial charge in [-0.2, -0.15) is 4.37 Å². The van der Waals surface area contributed by atoms with Gasteiger partial charge in [-0.15, -0.1) is 0 Å². The van der Waals surface area contributed by atoms with Gasteiger partial charge in [0, 0.05) is 23.5 Å². The first kappa shape index (κ1) is 15.3. The molecule has 0 radical (unpaired) electrons. The Morgan fingerprint density at radius 3 is 2.57 bits per heavy atom. The third-order valence-electron chi connectivity index (χ3n) is 2.53. The summed E-state index contributed by atoms with van der Waals surface area (Å²) < 4.78 is 30.7. The van der Waals surface area contributed by atoms with E-state index in [1.807, 2.05) is 13.8 Å². The fraction of sp³-hybridized carbons (Fsp3) is 0.273. The molecule has 0 aliphatic carbocycles. The molecule has 2 rings (SSSR count). The Balaban J connectivity index is 2.36. The van der Waals surface area contributed by atoms with Crippen molar-refractivity contribution in [2.45, 2.75) is 24.7 Å². The fourth-order valence-corrected chi connectivity index (χ4v) is 3.62. The number of rotatable bonds is 5. The van der Waals surface area contributed by atoms with Crippen LogP contribution in [0.2, 0.25) is 0 Å². The van der Waals surface area contributed by atoms with Gasteiger partial charge in [0.05, 0.1) is 4.92 Å². The van der Waals surface area contributed by atoms with Gasteiger partial charge >= 0.3 is 0 Å². The smallest absolute Gasteiger partial charge is 0.258 e. The maximum Gasteiger partial charge on any atom is 0.289 e. The van der Waals surface area contributed by atoms with E-state index in [0.717, 1.165) is 17.6 Å². The van der Waals surface area contributed by atoms with Gasteiger partial charge in [-0.05, 0) is 6.07 Å². The number of para-hydroxylation sites is 1. The van der Waals surface area contributed by atoms with Crippen LogP contribution in [0.5, 0.6) is 0 Å². The molecule has 112 valence electrons. The predicted molar refractivity (Wildman–Crippen MR) is 77.9 cm³/mol. The number of benzene rings is 1. The van der Waals surface area contributed by atoms with Crippen LogP contribution < -0.4 is 4.72 Å². The van der Waals surface area contributed by atoms with Crippen molar-refractivity contribution in [2.24, 2.45) is 0 Å². The summed E-state index contributed by atoms with van der Waals surface area (Å²) in [6.07, 6.45) is 0. The second kappa shape index (κ2) is 5.74. The lowest BCUT2D eigenvalue weighted by atomic mass is 10.2. The topological polar surface area (TPSA) is 115 Å². The summed E-state index contributed by atoms with van der Waals surface area (Å²) in [5.41, 5.74) is -0.487. The van der Waals surface area contributed by atoms with E-state index in [1.54, 1.807) is 0 Å². The highest BCUT2D eigenvalue weighted by atomic mass is 32.2. The second-order valence-corrected chi connectivity index (χ2v) is 6.85. The summed E-state index contributed by atoms with van der Waals surface area (Å²) in [4.78, 5) is 13.8. The first-order chi connectivity index (χ1) is 9.81. The van der Waals surface area contributed by atoms with Crippen LogP contribution in [0.4, 0.5) is 10.8 Å². The Morgan fingerprint density at radius 1 is 1.33 bits per heavy atom. The Labute approximate surface area is 125 Å². The van der Waals surface area contributed by atoms with Crippen LogP contribution in [0.1, 0.15) is 25.6 Å². The summed E-state index contributed by atoms with van der Waals surface area (Å²) in [5, 5.41) is 11.0. The molecule has 8 nitrogen and oxygen atoms in total. The molecule has 0 spiro atoms. The van der Waals surface area contributed by atoms with Crippen molar-refractivity contribution in [3.8, 4) is 0 Å². The van der Waals surface area contributed by atoms with Crippen molar-refractivity contribution in [2.75, 3.05) is 4.72 Å². The van der Waals surface area contributed by atoms with Gasteiger partial charge in [0.2, 0.25) is 5.13 Å². The number of hydrogen-bond donors (Lipinski definition) is 1. The minimum atomic E-state index is -4.09. The first-order valence-electron chi connectivity index (χ1n) is 5.91. The van der Waals surface area contributed by atoms with Gasteiger partial charge < -0.3 is 0 Å². The van der Waals surface area contributed by atoms with Crippen molar-refractivity contribution in [3.63, 3.8) is 0 Å². The fourth-order valence-electron chi connectivity index (χ4n) is 1.52. The predicted octanol–water partition coefficient (Wildman–Crippen LogP) is 2.37. The third kappa shape index (κ3) is 3.34. The van der Waals surface area contributed by atoms with Crippen LogP contribution in [0.3, 0.4) is 0 Å². The zero-order valence-corrected chi connectivity index (χ0v) is 12.8. The molecule has 0 saturated heterocycles. The zero-order chi connectivity index (χ0) is 15.6. The molecular formula is C11H12N4O4S2. The van der Waals surface area contributed by atoms with E-state index in [-0.39, 0.29) is 11.0 Å². The molecule has 0 fully saturated rings. The number of nitrogens with one attached hydrogen (secondary N) is 1. The molecule has 1 aromatic heterocycles. The number of sulfonamides is 1. The number of anilines is 1. The van der Waals surface area contributed by atoms with Crippen molar-refractivity contribution < 1.29 is 13.3 Å². The summed E-state index contributed by atoms with van der Waals surface area (Å²) >= 11 is 0.892. The van der Waals surface area contributed by atoms with E-state index in [2.05, 4.69) is 14.1 Å². The largest absolute Gasteiger partial charge is 0.289 e. The Kier molecular flexibility index (Phi) is 4.19. The van der Waals surface area contributed by atoms with Gasteiger partial charge in [0.1, 0.15) is 5.82 Å². The average Bonchev–Trinajstić information content (AvgIpc) is 2.86. The quantitative estimate of drug-likeness (QED) is 0.665. The number of nitro groups is 1. The number of nitro benzene ring substituents is 1. The Hall–Kier alpha value is -2.07. The zero-order valence-electron chi connectivity index (χ0n) is 11.2. The normalized spacial score (nSPS) is 11.6. The van der Waals surface area contributed by atoms with Gasteiger partial charge in [0.25, 0.3) is 15.7 Å². The van der Waals surface area contributed by atoms with Crippen molar-refractivity contribution >= 4 is 32.4 Å². The molecule has 0 amide bonds. The molecule has 0 atom stereocenters. The molecule has 1 N–H and O–H groups in total. The van der Waals surface area contributed by atoms with Gasteiger partial charge in [-0.3, -0.25) is 14.8 Å². The number of aromatic nitrogens is 2. The lowest BCUT2D eigenvalue weighted by molar-refractivity contribution is -0.387. The molecular weight excluding hydrogens is 316 g/mol. The highest BCUT2D eigenvalue weighted by molar-refractivity contribution is 7.93. The van der Waals surface area contributed by atoms with Gasteiger partial charge in [-0.1, -0.05) is 26.0 Å². The Morgan fingerprint density at radius 2 is 2.00 bits per heavy atom. The molecule has 0 aliphatic heterocycles. The van der Waals surface area contributed by atoms with Crippen LogP contribution in [0.15, 0.2) is 29.2 Å². The minimum absolute atomic E-state index is 0.0607. The minimum Gasteiger partial charge on any atom is -0.258 e. The second-order valence-electron chi connectivity index (χ2n) is 4.44. The Bertz CT molecular complexity index is 770. The molecule has 1 aromatic carbocycles. The maximum atomic E-state index is 12.2. The molecule has 21 heavy (non-hydrogen) atoms. The molecule has 10 heteroatoms. The lowest BCUT2D eigenvalue weighted by Crippen LogP contribution is -2.14. The van der Waals surface area contributed by atoms with Crippen LogP contribution in [-0.4, -0.2) is 22.7 Å². The summed E-state index contributed by atoms with van der Waals surface area (Å²) in [6.45, 7) is 3.75. The van der Waals surface area contributed by atoms with E-state index in [4.69, 9.17) is 0 Å². The molecule has 0 saturated carbocycles. The van der Waals surface area contributed by atoms with Gasteiger partial charge in [0.15, 0.2) is 4.90 Å². The number of nitrogens with zero attached hydrogens (tertiary/aromatic N) is 3. The molecule has 0 aliphatic rings. The van der Waals surface area contributed by atoms with Crippen LogP contribution >= 0.6 is 11.5 Å².